The van der Waals surface area contributed by atoms with Crippen molar-refractivity contribution in [1.29, 1.82) is 0 Å². The fraction of sp³-hybridized carbons (Fsp3) is 0.125. The molecule has 0 spiro atoms. The van der Waals surface area contributed by atoms with Gasteiger partial charge in [0.15, 0.2) is 11.4 Å². The van der Waals surface area contributed by atoms with Crippen molar-refractivity contribution < 1.29 is 32.0 Å². The number of carbonyl (C=O) groups is 1. The Hall–Kier alpha value is -2.23. The van der Waals surface area contributed by atoms with Crippen molar-refractivity contribution in [3.8, 4) is 11.1 Å². The minimum absolute atomic E-state index is 0.204. The van der Waals surface area contributed by atoms with Crippen LogP contribution in [0.5, 0.6) is 0 Å². The number of hydrogen-bond donors (Lipinski definition) is 1. The van der Waals surface area contributed by atoms with Crippen molar-refractivity contribution in [1.82, 2.24) is 5.16 Å². The zero-order valence-corrected chi connectivity index (χ0v) is 15.6. The zero-order chi connectivity index (χ0) is 20.8. The first-order valence-corrected chi connectivity index (χ1v) is 8.43. The monoisotopic (exact) mass is 456 g/mol. The van der Waals surface area contributed by atoms with Crippen LogP contribution in [0.25, 0.3) is 22.1 Å². The summed E-state index contributed by atoms with van der Waals surface area (Å²) < 4.78 is 59.2. The molecule has 1 N–H and O–H groups in total. The van der Waals surface area contributed by atoms with Crippen LogP contribution in [-0.4, -0.2) is 26.7 Å². The molecule has 0 aliphatic carbocycles. The van der Waals surface area contributed by atoms with Crippen LogP contribution >= 0.6 is 34.8 Å². The Morgan fingerprint density at radius 2 is 1.68 bits per heavy atom. The van der Waals surface area contributed by atoms with E-state index >= 15 is 0 Å². The molecule has 0 saturated heterocycles. The summed E-state index contributed by atoms with van der Waals surface area (Å²) in [5.41, 5.74) is -1.86. The van der Waals surface area contributed by atoms with Crippen LogP contribution in [-0.2, 0) is 0 Å². The van der Waals surface area contributed by atoms with Gasteiger partial charge in [0.05, 0.1) is 17.5 Å². The Morgan fingerprint density at radius 3 is 2.21 bits per heavy atom. The van der Waals surface area contributed by atoms with Gasteiger partial charge in [0.25, 0.3) is 0 Å². The van der Waals surface area contributed by atoms with Crippen molar-refractivity contribution in [3.63, 3.8) is 0 Å². The van der Waals surface area contributed by atoms with E-state index in [2.05, 4.69) is 5.16 Å². The second-order valence-electron chi connectivity index (χ2n) is 5.53. The van der Waals surface area contributed by atoms with Gasteiger partial charge in [-0.15, -0.1) is 0 Å². The van der Waals surface area contributed by atoms with E-state index in [1.807, 2.05) is 0 Å². The van der Waals surface area contributed by atoms with E-state index in [1.165, 1.54) is 0 Å². The molecule has 1 amide bonds. The maximum absolute atomic E-state index is 14.6. The molecule has 1 heterocycles. The van der Waals surface area contributed by atoms with Gasteiger partial charge in [-0.25, -0.2) is 22.4 Å². The van der Waals surface area contributed by atoms with Gasteiger partial charge in [0.1, 0.15) is 23.3 Å². The first kappa shape index (κ1) is 20.5. The molecule has 148 valence electrons. The zero-order valence-electron chi connectivity index (χ0n) is 13.3. The molecule has 0 fully saturated rings. The Kier molecular flexibility index (Phi) is 5.35. The third kappa shape index (κ3) is 3.82. The Bertz CT molecular complexity index is 1060. The largest absolute Gasteiger partial charge is 0.465 e. The van der Waals surface area contributed by atoms with E-state index in [-0.39, 0.29) is 5.58 Å². The molecule has 0 saturated carbocycles. The molecule has 0 atom stereocenters. The standard InChI is InChI=1S/C16H7Cl3F4N2O3/c17-16(18,19)5-25(15(26)27)14-13-10(28-24-14)2-1-7(21)12(13)11-8(22)3-6(20)4-9(11)23/h1-4H,5H2,(H,26,27). The second kappa shape index (κ2) is 7.31. The molecule has 0 aliphatic heterocycles. The van der Waals surface area contributed by atoms with E-state index in [4.69, 9.17) is 39.3 Å². The highest BCUT2D eigenvalue weighted by molar-refractivity contribution is 6.68. The Labute approximate surface area is 169 Å². The predicted molar refractivity (Wildman–Crippen MR) is 94.9 cm³/mol. The smallest absolute Gasteiger partial charge is 0.413 e. The average molecular weight is 458 g/mol. The second-order valence-corrected chi connectivity index (χ2v) is 8.05. The quantitative estimate of drug-likeness (QED) is 0.392. The summed E-state index contributed by atoms with van der Waals surface area (Å²) >= 11 is 16.9. The van der Waals surface area contributed by atoms with Crippen LogP contribution in [0.1, 0.15) is 0 Å². The summed E-state index contributed by atoms with van der Waals surface area (Å²) in [6.07, 6.45) is -1.66. The minimum atomic E-state index is -2.09. The number of alkyl halides is 3. The Balaban J connectivity index is 2.36. The number of hydrogen-bond acceptors (Lipinski definition) is 3. The first-order chi connectivity index (χ1) is 13.0. The van der Waals surface area contributed by atoms with Crippen LogP contribution in [0.2, 0.25) is 0 Å². The maximum atomic E-state index is 14.6. The van der Waals surface area contributed by atoms with Crippen molar-refractivity contribution >= 4 is 57.7 Å². The lowest BCUT2D eigenvalue weighted by Gasteiger charge is -2.21. The number of anilines is 1. The lowest BCUT2D eigenvalue weighted by Crippen LogP contribution is -2.37. The van der Waals surface area contributed by atoms with E-state index in [1.54, 1.807) is 0 Å². The number of nitrogens with zero attached hydrogens (tertiary/aromatic N) is 2. The number of amides is 1. The molecule has 0 bridgehead atoms. The third-order valence-corrected chi connectivity index (χ3v) is 4.01. The third-order valence-electron chi connectivity index (χ3n) is 3.65. The van der Waals surface area contributed by atoms with Crippen molar-refractivity contribution in [3.05, 3.63) is 47.5 Å². The summed E-state index contributed by atoms with van der Waals surface area (Å²) in [5.74, 6) is -5.76. The summed E-state index contributed by atoms with van der Waals surface area (Å²) in [6, 6.07) is 2.59. The van der Waals surface area contributed by atoms with Crippen LogP contribution < -0.4 is 4.90 Å². The highest BCUT2D eigenvalue weighted by atomic mass is 35.6. The van der Waals surface area contributed by atoms with Gasteiger partial charge in [-0.2, -0.15) is 0 Å². The van der Waals surface area contributed by atoms with Crippen LogP contribution in [0.3, 0.4) is 0 Å². The molecule has 2 aromatic carbocycles. The number of halogens is 7. The van der Waals surface area contributed by atoms with Gasteiger partial charge in [-0.1, -0.05) is 40.0 Å². The van der Waals surface area contributed by atoms with E-state index in [9.17, 15) is 27.5 Å². The lowest BCUT2D eigenvalue weighted by atomic mass is 9.99. The average Bonchev–Trinajstić information content (AvgIpc) is 2.96. The van der Waals surface area contributed by atoms with Gasteiger partial charge >= 0.3 is 6.09 Å². The Morgan fingerprint density at radius 1 is 1.07 bits per heavy atom. The number of carboxylic acid groups (broad SMARTS) is 1. The summed E-state index contributed by atoms with van der Waals surface area (Å²) in [7, 11) is 0. The molecule has 0 unspecified atom stereocenters. The molecule has 5 nitrogen and oxygen atoms in total. The van der Waals surface area contributed by atoms with E-state index in [0.29, 0.717) is 17.0 Å². The van der Waals surface area contributed by atoms with E-state index < -0.39 is 62.0 Å². The van der Waals surface area contributed by atoms with Gasteiger partial charge in [0, 0.05) is 17.7 Å². The SMILES string of the molecule is O=C(O)N(CC(Cl)(Cl)Cl)c1noc2ccc(F)c(-c3c(F)cc(F)cc3F)c12. The topological polar surface area (TPSA) is 66.6 Å². The molecule has 0 aliphatic rings. The van der Waals surface area contributed by atoms with Crippen molar-refractivity contribution in [2.24, 2.45) is 0 Å². The molecular weight excluding hydrogens is 451 g/mol. The van der Waals surface area contributed by atoms with Crippen molar-refractivity contribution in [2.75, 3.05) is 11.4 Å². The first-order valence-electron chi connectivity index (χ1n) is 7.29. The molecule has 12 heteroatoms. The van der Waals surface area contributed by atoms with Crippen molar-refractivity contribution in [2.45, 2.75) is 3.79 Å². The van der Waals surface area contributed by atoms with Gasteiger partial charge < -0.3 is 9.63 Å². The normalized spacial score (nSPS) is 11.8. The maximum Gasteiger partial charge on any atom is 0.413 e. The highest BCUT2D eigenvalue weighted by Crippen LogP contribution is 2.41. The molecule has 3 rings (SSSR count). The molecule has 1 aromatic heterocycles. The molecular formula is C16H7Cl3F4N2O3. The number of rotatable bonds is 3. The van der Waals surface area contributed by atoms with E-state index in [0.717, 1.165) is 12.1 Å². The number of aromatic nitrogens is 1. The minimum Gasteiger partial charge on any atom is -0.465 e. The summed E-state index contributed by atoms with van der Waals surface area (Å²) in [5, 5.41) is 12.5. The van der Waals surface area contributed by atoms with Crippen LogP contribution in [0.15, 0.2) is 28.8 Å². The van der Waals surface area contributed by atoms with Gasteiger partial charge in [-0.3, -0.25) is 4.90 Å². The lowest BCUT2D eigenvalue weighted by molar-refractivity contribution is 0.201. The molecule has 0 radical (unpaired) electrons. The van der Waals surface area contributed by atoms with Crippen LogP contribution in [0, 0.1) is 23.3 Å². The molecule has 28 heavy (non-hydrogen) atoms. The molecule has 3 aromatic rings. The number of benzene rings is 2. The van der Waals surface area contributed by atoms with Crippen LogP contribution in [0.4, 0.5) is 28.2 Å². The highest BCUT2D eigenvalue weighted by Gasteiger charge is 2.33. The summed E-state index contributed by atoms with van der Waals surface area (Å²) in [4.78, 5) is 12.0. The van der Waals surface area contributed by atoms with Gasteiger partial charge in [0.2, 0.25) is 3.79 Å². The van der Waals surface area contributed by atoms with Gasteiger partial charge in [-0.05, 0) is 12.1 Å². The predicted octanol–water partition coefficient (Wildman–Crippen LogP) is 5.91. The summed E-state index contributed by atoms with van der Waals surface area (Å²) in [6.45, 7) is -0.751. The fourth-order valence-electron chi connectivity index (χ4n) is 2.62. The fourth-order valence-corrected chi connectivity index (χ4v) is 2.97. The number of fused-ring (bicyclic) bond motifs is 1.